The average molecular weight is 451 g/mol. The van der Waals surface area contributed by atoms with Crippen molar-refractivity contribution in [2.45, 2.75) is 19.2 Å². The maximum Gasteiger partial charge on any atom is 0.327 e. The van der Waals surface area contributed by atoms with Crippen molar-refractivity contribution in [2.24, 2.45) is 0 Å². The van der Waals surface area contributed by atoms with E-state index in [0.717, 1.165) is 5.56 Å². The molecule has 0 bridgehead atoms. The van der Waals surface area contributed by atoms with Gasteiger partial charge in [-0.1, -0.05) is 18.2 Å². The van der Waals surface area contributed by atoms with Crippen LogP contribution in [-0.2, 0) is 6.54 Å². The van der Waals surface area contributed by atoms with Gasteiger partial charge in [0.05, 0.1) is 18.2 Å². The van der Waals surface area contributed by atoms with Gasteiger partial charge >= 0.3 is 12.0 Å². The van der Waals surface area contributed by atoms with Gasteiger partial charge in [0.25, 0.3) is 0 Å². The number of anilines is 1. The van der Waals surface area contributed by atoms with E-state index in [1.54, 1.807) is 41.0 Å². The van der Waals surface area contributed by atoms with E-state index in [4.69, 9.17) is 4.74 Å². The molecule has 1 aliphatic heterocycles. The van der Waals surface area contributed by atoms with Gasteiger partial charge < -0.3 is 14.9 Å². The number of nitrogens with zero attached hydrogens (tertiary/aromatic N) is 5. The standard InChI is InChI=1S/C23H22FN5O4/c1-27-20-19(21(31)28(23(27)32)10-3-11-30)29(14-15-6-8-17(24)9-7-15)22(26-20)33-18-5-2-4-16(12-18)13-25/h2,4-9,12,21,30-31H,3,10-11,14H2,1H3. The molecule has 1 atom stereocenters. The Hall–Kier alpha value is -3.94. The molecule has 2 heterocycles. The number of fused-ring (bicyclic) bond motifs is 1. The first-order chi connectivity index (χ1) is 15.9. The number of ether oxygens (including phenoxy) is 1. The third-order valence-corrected chi connectivity index (χ3v) is 5.33. The summed E-state index contributed by atoms with van der Waals surface area (Å²) in [6.45, 7) is 0.191. The van der Waals surface area contributed by atoms with Gasteiger partial charge in [0.1, 0.15) is 17.3 Å². The van der Waals surface area contributed by atoms with Crippen LogP contribution in [0.2, 0.25) is 0 Å². The summed E-state index contributed by atoms with van der Waals surface area (Å²) in [4.78, 5) is 19.8. The highest BCUT2D eigenvalue weighted by Gasteiger charge is 2.40. The fourth-order valence-electron chi connectivity index (χ4n) is 3.67. The Morgan fingerprint density at radius 1 is 1.24 bits per heavy atom. The predicted molar refractivity (Wildman–Crippen MR) is 116 cm³/mol. The van der Waals surface area contributed by atoms with Gasteiger partial charge in [0.15, 0.2) is 12.0 Å². The molecular formula is C23H22FN5O4. The zero-order valence-corrected chi connectivity index (χ0v) is 17.8. The van der Waals surface area contributed by atoms with E-state index in [1.165, 1.54) is 29.0 Å². The van der Waals surface area contributed by atoms with E-state index >= 15 is 0 Å². The maximum absolute atomic E-state index is 13.4. The van der Waals surface area contributed by atoms with E-state index in [0.29, 0.717) is 23.4 Å². The van der Waals surface area contributed by atoms with Gasteiger partial charge in [-0.2, -0.15) is 10.2 Å². The van der Waals surface area contributed by atoms with Crippen LogP contribution in [0.15, 0.2) is 48.5 Å². The molecule has 2 N–H and O–H groups in total. The molecule has 0 spiro atoms. The molecule has 2 aromatic carbocycles. The molecule has 0 fully saturated rings. The Kier molecular flexibility index (Phi) is 6.26. The first-order valence-corrected chi connectivity index (χ1v) is 10.3. The first-order valence-electron chi connectivity index (χ1n) is 10.3. The summed E-state index contributed by atoms with van der Waals surface area (Å²) in [5.41, 5.74) is 1.45. The van der Waals surface area contributed by atoms with Crippen molar-refractivity contribution < 1.29 is 24.1 Å². The van der Waals surface area contributed by atoms with Crippen LogP contribution in [0.3, 0.4) is 0 Å². The number of aliphatic hydroxyl groups excluding tert-OH is 2. The Balaban J connectivity index is 1.80. The Morgan fingerprint density at radius 2 is 2.00 bits per heavy atom. The summed E-state index contributed by atoms with van der Waals surface area (Å²) in [6, 6.07) is 14.1. The van der Waals surface area contributed by atoms with Crippen LogP contribution in [-0.4, -0.2) is 50.9 Å². The second-order valence-electron chi connectivity index (χ2n) is 7.54. The number of hydrogen-bond acceptors (Lipinski definition) is 6. The van der Waals surface area contributed by atoms with Crippen molar-refractivity contribution in [3.63, 3.8) is 0 Å². The van der Waals surface area contributed by atoms with Crippen LogP contribution in [0.25, 0.3) is 0 Å². The molecule has 1 unspecified atom stereocenters. The van der Waals surface area contributed by atoms with E-state index < -0.39 is 12.3 Å². The van der Waals surface area contributed by atoms with Crippen LogP contribution in [0.5, 0.6) is 11.8 Å². The molecule has 0 aliphatic carbocycles. The van der Waals surface area contributed by atoms with Crippen LogP contribution < -0.4 is 9.64 Å². The smallest absolute Gasteiger partial charge is 0.327 e. The molecule has 170 valence electrons. The number of urea groups is 1. The summed E-state index contributed by atoms with van der Waals surface area (Å²) in [5.74, 6) is 0.204. The fraction of sp³-hybridized carbons (Fsp3) is 0.261. The Bertz CT molecular complexity index is 1200. The minimum Gasteiger partial charge on any atom is -0.425 e. The molecule has 1 aromatic heterocycles. The number of imidazole rings is 1. The lowest BCUT2D eigenvalue weighted by Crippen LogP contribution is -2.49. The maximum atomic E-state index is 13.4. The number of carbonyl (C=O) groups excluding carboxylic acids is 1. The average Bonchev–Trinajstić information content (AvgIpc) is 3.17. The van der Waals surface area contributed by atoms with Crippen molar-refractivity contribution in [1.82, 2.24) is 14.5 Å². The number of amides is 2. The Morgan fingerprint density at radius 3 is 2.70 bits per heavy atom. The summed E-state index contributed by atoms with van der Waals surface area (Å²) >= 11 is 0. The molecule has 33 heavy (non-hydrogen) atoms. The van der Waals surface area contributed by atoms with Crippen LogP contribution in [0.1, 0.15) is 29.5 Å². The van der Waals surface area contributed by atoms with Gasteiger partial charge in [-0.3, -0.25) is 14.4 Å². The summed E-state index contributed by atoms with van der Waals surface area (Å²) in [5, 5.41) is 29.4. The van der Waals surface area contributed by atoms with Crippen molar-refractivity contribution in [3.05, 3.63) is 71.2 Å². The number of aromatic nitrogens is 2. The minimum atomic E-state index is -1.33. The fourth-order valence-corrected chi connectivity index (χ4v) is 3.67. The molecule has 3 aromatic rings. The number of benzene rings is 2. The van der Waals surface area contributed by atoms with Crippen molar-refractivity contribution in [3.8, 4) is 17.8 Å². The highest BCUT2D eigenvalue weighted by Crippen LogP contribution is 2.39. The highest BCUT2D eigenvalue weighted by atomic mass is 19.1. The SMILES string of the molecule is CN1C(=O)N(CCCO)C(O)c2c1nc(Oc1cccc(C#N)c1)n2Cc1ccc(F)cc1. The number of halogens is 1. The van der Waals surface area contributed by atoms with Crippen LogP contribution in [0.4, 0.5) is 15.0 Å². The Labute approximate surface area is 189 Å². The molecular weight excluding hydrogens is 429 g/mol. The van der Waals surface area contributed by atoms with Gasteiger partial charge in [0, 0.05) is 20.2 Å². The zero-order valence-electron chi connectivity index (χ0n) is 17.8. The first kappa shape index (κ1) is 22.3. The molecule has 1 aliphatic rings. The summed E-state index contributed by atoms with van der Waals surface area (Å²) in [7, 11) is 1.54. The van der Waals surface area contributed by atoms with Gasteiger partial charge in [-0.25, -0.2) is 9.18 Å². The molecule has 0 saturated carbocycles. The molecule has 10 heteroatoms. The van der Waals surface area contributed by atoms with E-state index in [2.05, 4.69) is 4.98 Å². The van der Waals surface area contributed by atoms with Crippen LogP contribution in [0, 0.1) is 17.1 Å². The lowest BCUT2D eigenvalue weighted by molar-refractivity contribution is 0.0189. The van der Waals surface area contributed by atoms with Crippen LogP contribution >= 0.6 is 0 Å². The summed E-state index contributed by atoms with van der Waals surface area (Å²) in [6.07, 6.45) is -1.03. The van der Waals surface area contributed by atoms with Gasteiger partial charge in [-0.15, -0.1) is 0 Å². The van der Waals surface area contributed by atoms with Gasteiger partial charge in [-0.05, 0) is 42.3 Å². The molecule has 0 saturated heterocycles. The number of nitriles is 1. The lowest BCUT2D eigenvalue weighted by Gasteiger charge is -2.36. The number of carbonyl (C=O) groups is 1. The lowest BCUT2D eigenvalue weighted by atomic mass is 10.2. The van der Waals surface area contributed by atoms with Crippen molar-refractivity contribution in [1.29, 1.82) is 5.26 Å². The predicted octanol–water partition coefficient (Wildman–Crippen LogP) is 2.98. The highest BCUT2D eigenvalue weighted by molar-refractivity contribution is 5.93. The summed E-state index contributed by atoms with van der Waals surface area (Å²) < 4.78 is 21.0. The third-order valence-electron chi connectivity index (χ3n) is 5.33. The van der Waals surface area contributed by atoms with E-state index in [1.807, 2.05) is 6.07 Å². The van der Waals surface area contributed by atoms with E-state index in [9.17, 15) is 24.7 Å². The zero-order chi connectivity index (χ0) is 23.5. The topological polar surface area (TPSA) is 115 Å². The quantitative estimate of drug-likeness (QED) is 0.571. The number of rotatable bonds is 7. The number of aliphatic hydroxyl groups is 2. The number of hydrogen-bond donors (Lipinski definition) is 2. The van der Waals surface area contributed by atoms with Crippen molar-refractivity contribution >= 4 is 11.8 Å². The molecule has 0 radical (unpaired) electrons. The normalized spacial score (nSPS) is 15.4. The monoisotopic (exact) mass is 451 g/mol. The van der Waals surface area contributed by atoms with Gasteiger partial charge in [0.2, 0.25) is 0 Å². The molecule has 4 rings (SSSR count). The molecule has 2 amide bonds. The van der Waals surface area contributed by atoms with E-state index in [-0.39, 0.29) is 37.3 Å². The van der Waals surface area contributed by atoms with Crippen molar-refractivity contribution in [2.75, 3.05) is 25.1 Å². The second kappa shape index (κ2) is 9.28. The second-order valence-corrected chi connectivity index (χ2v) is 7.54. The minimum absolute atomic E-state index is 0.0992. The largest absolute Gasteiger partial charge is 0.425 e. The molecule has 9 nitrogen and oxygen atoms in total. The third kappa shape index (κ3) is 4.37.